The lowest BCUT2D eigenvalue weighted by molar-refractivity contribution is 0.451. The smallest absolute Gasteiger partial charge is 0.123 e. The maximum absolute atomic E-state index is 13.5. The van der Waals surface area contributed by atoms with Gasteiger partial charge in [-0.05, 0) is 48.2 Å². The number of hydrogen-bond acceptors (Lipinski definition) is 1. The Morgan fingerprint density at radius 3 is 2.85 bits per heavy atom. The third-order valence-corrected chi connectivity index (χ3v) is 4.21. The number of likely N-dealkylation sites (N-methyl/N-ethyl adjacent to an activating group) is 1. The Morgan fingerprint density at radius 2 is 2.05 bits per heavy atom. The molecule has 0 saturated heterocycles. The van der Waals surface area contributed by atoms with Crippen LogP contribution < -0.4 is 5.32 Å². The number of nitrogens with one attached hydrogen (secondary N) is 1. The summed E-state index contributed by atoms with van der Waals surface area (Å²) in [5, 5.41) is 3.54. The molecule has 0 aromatic heterocycles. The summed E-state index contributed by atoms with van der Waals surface area (Å²) in [7, 11) is 0. The summed E-state index contributed by atoms with van der Waals surface area (Å²) in [6.07, 6.45) is 2.26. The fourth-order valence-corrected chi connectivity index (χ4v) is 3.35. The summed E-state index contributed by atoms with van der Waals surface area (Å²) < 4.78 is 13.5. The molecule has 0 fully saturated rings. The molecule has 2 unspecified atom stereocenters. The molecule has 0 saturated carbocycles. The van der Waals surface area contributed by atoms with Crippen molar-refractivity contribution in [3.8, 4) is 0 Å². The van der Waals surface area contributed by atoms with Crippen LogP contribution in [0.1, 0.15) is 42.0 Å². The van der Waals surface area contributed by atoms with Gasteiger partial charge in [-0.1, -0.05) is 43.3 Å². The van der Waals surface area contributed by atoms with Crippen LogP contribution in [0.5, 0.6) is 0 Å². The van der Waals surface area contributed by atoms with Gasteiger partial charge >= 0.3 is 0 Å². The zero-order valence-electron chi connectivity index (χ0n) is 11.8. The highest BCUT2D eigenvalue weighted by atomic mass is 19.1. The van der Waals surface area contributed by atoms with Crippen molar-refractivity contribution in [2.75, 3.05) is 6.54 Å². The minimum Gasteiger partial charge on any atom is -0.310 e. The highest BCUT2D eigenvalue weighted by Gasteiger charge is 2.30. The third kappa shape index (κ3) is 2.48. The van der Waals surface area contributed by atoms with E-state index in [2.05, 4.69) is 36.5 Å². The Labute approximate surface area is 119 Å². The first kappa shape index (κ1) is 13.3. The van der Waals surface area contributed by atoms with Gasteiger partial charge in [0.25, 0.3) is 0 Å². The number of fused-ring (bicyclic) bond motifs is 1. The van der Waals surface area contributed by atoms with Crippen molar-refractivity contribution in [2.24, 2.45) is 0 Å². The van der Waals surface area contributed by atoms with Crippen molar-refractivity contribution < 1.29 is 4.39 Å². The zero-order chi connectivity index (χ0) is 13.9. The summed E-state index contributed by atoms with van der Waals surface area (Å²) in [5.74, 6) is 0.282. The molecule has 2 heteroatoms. The van der Waals surface area contributed by atoms with Gasteiger partial charge in [-0.25, -0.2) is 4.39 Å². The molecular formula is C18H20FN. The van der Waals surface area contributed by atoms with Crippen LogP contribution in [-0.2, 0) is 6.42 Å². The largest absolute Gasteiger partial charge is 0.310 e. The number of benzene rings is 2. The van der Waals surface area contributed by atoms with Crippen molar-refractivity contribution in [3.63, 3.8) is 0 Å². The first-order valence-corrected chi connectivity index (χ1v) is 7.36. The molecule has 0 radical (unpaired) electrons. The second-order valence-corrected chi connectivity index (χ2v) is 5.43. The van der Waals surface area contributed by atoms with Crippen LogP contribution in [-0.4, -0.2) is 6.54 Å². The van der Waals surface area contributed by atoms with Gasteiger partial charge < -0.3 is 5.32 Å². The first-order chi connectivity index (χ1) is 9.79. The molecule has 1 nitrogen and oxygen atoms in total. The van der Waals surface area contributed by atoms with E-state index in [0.717, 1.165) is 24.9 Å². The van der Waals surface area contributed by atoms with E-state index >= 15 is 0 Å². The molecule has 1 N–H and O–H groups in total. The maximum atomic E-state index is 13.5. The lowest BCUT2D eigenvalue weighted by Gasteiger charge is -2.26. The van der Waals surface area contributed by atoms with Gasteiger partial charge in [-0.2, -0.15) is 0 Å². The Morgan fingerprint density at radius 1 is 1.20 bits per heavy atom. The van der Waals surface area contributed by atoms with Crippen molar-refractivity contribution in [2.45, 2.75) is 31.7 Å². The number of hydrogen-bond donors (Lipinski definition) is 1. The first-order valence-electron chi connectivity index (χ1n) is 7.36. The maximum Gasteiger partial charge on any atom is 0.123 e. The highest BCUT2D eigenvalue weighted by molar-refractivity contribution is 5.38. The number of halogens is 1. The molecule has 1 aliphatic rings. The van der Waals surface area contributed by atoms with Crippen molar-refractivity contribution in [3.05, 3.63) is 71.0 Å². The minimum atomic E-state index is -0.156. The van der Waals surface area contributed by atoms with Crippen LogP contribution in [0.15, 0.2) is 48.5 Å². The van der Waals surface area contributed by atoms with Crippen molar-refractivity contribution in [1.29, 1.82) is 0 Å². The molecule has 0 bridgehead atoms. The lowest BCUT2D eigenvalue weighted by Crippen LogP contribution is -2.26. The second kappa shape index (κ2) is 5.76. The minimum absolute atomic E-state index is 0.156. The third-order valence-electron chi connectivity index (χ3n) is 4.21. The Bertz CT molecular complexity index is 593. The fraction of sp³-hybridized carbons (Fsp3) is 0.333. The second-order valence-electron chi connectivity index (χ2n) is 5.43. The number of rotatable bonds is 4. The molecule has 0 amide bonds. The van der Waals surface area contributed by atoms with E-state index in [1.54, 1.807) is 12.1 Å². The van der Waals surface area contributed by atoms with Crippen LogP contribution in [0.2, 0.25) is 0 Å². The summed E-state index contributed by atoms with van der Waals surface area (Å²) in [5.41, 5.74) is 3.91. The average Bonchev–Trinajstić information content (AvgIpc) is 2.88. The quantitative estimate of drug-likeness (QED) is 0.877. The summed E-state index contributed by atoms with van der Waals surface area (Å²) in [4.78, 5) is 0. The van der Waals surface area contributed by atoms with Gasteiger partial charge in [0, 0.05) is 12.0 Å². The molecule has 0 spiro atoms. The fourth-order valence-electron chi connectivity index (χ4n) is 3.35. The molecular weight excluding hydrogens is 249 g/mol. The standard InChI is InChI=1S/C18H20FN/c1-2-20-18(14-7-5-8-15(19)12-14)17-11-10-13-6-3-4-9-16(13)17/h3-9,12,17-18,20H,2,10-11H2,1H3. The predicted molar refractivity (Wildman–Crippen MR) is 80.3 cm³/mol. The molecule has 104 valence electrons. The number of aryl methyl sites for hydroxylation is 1. The van der Waals surface area contributed by atoms with E-state index in [0.29, 0.717) is 5.92 Å². The SMILES string of the molecule is CCNC(c1cccc(F)c1)C1CCc2ccccc21. The van der Waals surface area contributed by atoms with E-state index in [-0.39, 0.29) is 11.9 Å². The molecule has 3 rings (SSSR count). The van der Waals surface area contributed by atoms with E-state index in [4.69, 9.17) is 0 Å². The highest BCUT2D eigenvalue weighted by Crippen LogP contribution is 2.41. The topological polar surface area (TPSA) is 12.0 Å². The van der Waals surface area contributed by atoms with Gasteiger partial charge in [0.1, 0.15) is 5.82 Å². The molecule has 0 heterocycles. The summed E-state index contributed by atoms with van der Waals surface area (Å²) in [6.45, 7) is 2.99. The van der Waals surface area contributed by atoms with Crippen molar-refractivity contribution in [1.82, 2.24) is 5.32 Å². The van der Waals surface area contributed by atoms with Crippen molar-refractivity contribution >= 4 is 0 Å². The summed E-state index contributed by atoms with van der Waals surface area (Å²) in [6, 6.07) is 15.8. The van der Waals surface area contributed by atoms with E-state index in [1.165, 1.54) is 17.2 Å². The Kier molecular flexibility index (Phi) is 3.83. The molecule has 0 aliphatic heterocycles. The normalized spacial score (nSPS) is 18.8. The Hall–Kier alpha value is -1.67. The monoisotopic (exact) mass is 269 g/mol. The van der Waals surface area contributed by atoms with Crippen LogP contribution in [0.3, 0.4) is 0 Å². The van der Waals surface area contributed by atoms with Crippen LogP contribution in [0, 0.1) is 5.82 Å². The van der Waals surface area contributed by atoms with Crippen LogP contribution in [0.25, 0.3) is 0 Å². The van der Waals surface area contributed by atoms with Gasteiger partial charge in [0.05, 0.1) is 0 Å². The van der Waals surface area contributed by atoms with Gasteiger partial charge in [0.15, 0.2) is 0 Å². The Balaban J connectivity index is 1.96. The van der Waals surface area contributed by atoms with Gasteiger partial charge in [-0.15, -0.1) is 0 Å². The van der Waals surface area contributed by atoms with E-state index in [1.807, 2.05) is 6.07 Å². The van der Waals surface area contributed by atoms with E-state index < -0.39 is 0 Å². The average molecular weight is 269 g/mol. The molecule has 1 aliphatic carbocycles. The molecule has 2 atom stereocenters. The summed E-state index contributed by atoms with van der Waals surface area (Å²) >= 11 is 0. The zero-order valence-corrected chi connectivity index (χ0v) is 11.8. The molecule has 20 heavy (non-hydrogen) atoms. The van der Waals surface area contributed by atoms with Crippen LogP contribution in [0.4, 0.5) is 4.39 Å². The lowest BCUT2D eigenvalue weighted by atomic mass is 9.88. The van der Waals surface area contributed by atoms with Gasteiger partial charge in [-0.3, -0.25) is 0 Å². The molecule has 2 aromatic rings. The molecule has 2 aromatic carbocycles. The van der Waals surface area contributed by atoms with Crippen LogP contribution >= 0.6 is 0 Å². The van der Waals surface area contributed by atoms with E-state index in [9.17, 15) is 4.39 Å². The predicted octanol–water partition coefficient (Wildman–Crippen LogP) is 4.21. The van der Waals surface area contributed by atoms with Gasteiger partial charge in [0.2, 0.25) is 0 Å².